The van der Waals surface area contributed by atoms with Gasteiger partial charge < -0.3 is 5.32 Å². The third kappa shape index (κ3) is 3.39. The number of nitrogens with one attached hydrogen (secondary N) is 1. The number of aryl methyl sites for hydroxylation is 2. The Labute approximate surface area is 131 Å². The first-order chi connectivity index (χ1) is 9.90. The molecule has 0 unspecified atom stereocenters. The van der Waals surface area contributed by atoms with Crippen LogP contribution in [0.3, 0.4) is 0 Å². The second kappa shape index (κ2) is 6.22. The Morgan fingerprint density at radius 3 is 2.67 bits per heavy atom. The van der Waals surface area contributed by atoms with Crippen LogP contribution in [0.1, 0.15) is 22.4 Å². The van der Waals surface area contributed by atoms with E-state index in [9.17, 15) is 10.1 Å². The van der Waals surface area contributed by atoms with E-state index in [1.54, 1.807) is 20.0 Å². The standard InChI is InChI=1S/C15H16BrN3O2/c1-9-4-5-12(16)6-13(9)18-8-14-11(3)15(19(20)21)10(2)7-17-14/h4-7,18H,8H2,1-3H3. The fraction of sp³-hybridized carbons (Fsp3) is 0.267. The molecule has 0 radical (unpaired) electrons. The van der Waals surface area contributed by atoms with Crippen molar-refractivity contribution in [2.75, 3.05) is 5.32 Å². The molecule has 0 atom stereocenters. The Kier molecular flexibility index (Phi) is 4.57. The van der Waals surface area contributed by atoms with Crippen molar-refractivity contribution in [2.24, 2.45) is 0 Å². The number of anilines is 1. The fourth-order valence-corrected chi connectivity index (χ4v) is 2.55. The molecule has 1 N–H and O–H groups in total. The summed E-state index contributed by atoms with van der Waals surface area (Å²) in [5, 5.41) is 14.4. The van der Waals surface area contributed by atoms with E-state index in [0.717, 1.165) is 15.7 Å². The Hall–Kier alpha value is -1.95. The Balaban J connectivity index is 2.27. The number of nitrogens with zero attached hydrogens (tertiary/aromatic N) is 2. The van der Waals surface area contributed by atoms with Crippen molar-refractivity contribution in [1.82, 2.24) is 4.98 Å². The fourth-order valence-electron chi connectivity index (χ4n) is 2.19. The highest BCUT2D eigenvalue weighted by Crippen LogP contribution is 2.26. The number of aromatic nitrogens is 1. The zero-order valence-corrected chi connectivity index (χ0v) is 13.7. The average molecular weight is 350 g/mol. The first-order valence-electron chi connectivity index (χ1n) is 6.49. The van der Waals surface area contributed by atoms with E-state index < -0.39 is 0 Å². The van der Waals surface area contributed by atoms with Crippen LogP contribution >= 0.6 is 15.9 Å². The maximum absolute atomic E-state index is 11.1. The molecule has 0 aliphatic rings. The minimum Gasteiger partial charge on any atom is -0.379 e. The van der Waals surface area contributed by atoms with Crippen LogP contribution in [0.4, 0.5) is 11.4 Å². The van der Waals surface area contributed by atoms with Crippen molar-refractivity contribution in [3.05, 3.63) is 61.4 Å². The van der Waals surface area contributed by atoms with E-state index in [4.69, 9.17) is 0 Å². The van der Waals surface area contributed by atoms with Gasteiger partial charge in [-0.25, -0.2) is 0 Å². The summed E-state index contributed by atoms with van der Waals surface area (Å²) < 4.78 is 0.982. The molecular formula is C15H16BrN3O2. The van der Waals surface area contributed by atoms with E-state index in [1.807, 2.05) is 25.1 Å². The summed E-state index contributed by atoms with van der Waals surface area (Å²) >= 11 is 3.43. The van der Waals surface area contributed by atoms with Gasteiger partial charge in [0, 0.05) is 21.9 Å². The molecule has 1 aromatic heterocycles. The van der Waals surface area contributed by atoms with E-state index >= 15 is 0 Å². The minimum atomic E-state index is -0.347. The van der Waals surface area contributed by atoms with Gasteiger partial charge in [-0.3, -0.25) is 15.1 Å². The van der Waals surface area contributed by atoms with Crippen molar-refractivity contribution >= 4 is 27.3 Å². The number of pyridine rings is 1. The van der Waals surface area contributed by atoms with Gasteiger partial charge in [0.15, 0.2) is 0 Å². The molecule has 0 spiro atoms. The smallest absolute Gasteiger partial charge is 0.278 e. The first-order valence-corrected chi connectivity index (χ1v) is 7.29. The predicted molar refractivity (Wildman–Crippen MR) is 86.6 cm³/mol. The van der Waals surface area contributed by atoms with Gasteiger partial charge in [-0.15, -0.1) is 0 Å². The lowest BCUT2D eigenvalue weighted by Gasteiger charge is -2.12. The topological polar surface area (TPSA) is 68.1 Å². The molecule has 21 heavy (non-hydrogen) atoms. The molecule has 0 saturated carbocycles. The van der Waals surface area contributed by atoms with E-state index in [0.29, 0.717) is 23.4 Å². The molecule has 0 amide bonds. The Bertz CT molecular complexity index is 702. The van der Waals surface area contributed by atoms with Crippen molar-refractivity contribution in [1.29, 1.82) is 0 Å². The molecule has 0 saturated heterocycles. The lowest BCUT2D eigenvalue weighted by molar-refractivity contribution is -0.386. The number of rotatable bonds is 4. The first kappa shape index (κ1) is 15.4. The summed E-state index contributed by atoms with van der Waals surface area (Å²) in [5.41, 5.74) is 4.12. The van der Waals surface area contributed by atoms with Crippen molar-refractivity contribution in [3.63, 3.8) is 0 Å². The highest BCUT2D eigenvalue weighted by Gasteiger charge is 2.18. The van der Waals surface area contributed by atoms with Crippen LogP contribution in [-0.4, -0.2) is 9.91 Å². The van der Waals surface area contributed by atoms with Crippen LogP contribution in [-0.2, 0) is 6.54 Å². The van der Waals surface area contributed by atoms with Gasteiger partial charge in [-0.1, -0.05) is 22.0 Å². The molecule has 1 heterocycles. The molecule has 6 heteroatoms. The number of hydrogen-bond donors (Lipinski definition) is 1. The molecule has 2 aromatic rings. The number of nitro groups is 1. The van der Waals surface area contributed by atoms with Gasteiger partial charge in [0.25, 0.3) is 5.69 Å². The molecule has 5 nitrogen and oxygen atoms in total. The molecule has 0 bridgehead atoms. The average Bonchev–Trinajstić information content (AvgIpc) is 2.41. The minimum absolute atomic E-state index is 0.146. The van der Waals surface area contributed by atoms with Gasteiger partial charge >= 0.3 is 0 Å². The van der Waals surface area contributed by atoms with Crippen LogP contribution in [0.5, 0.6) is 0 Å². The van der Waals surface area contributed by atoms with Crippen molar-refractivity contribution < 1.29 is 4.92 Å². The normalized spacial score (nSPS) is 10.5. The third-order valence-corrected chi connectivity index (χ3v) is 3.90. The lowest BCUT2D eigenvalue weighted by Crippen LogP contribution is -2.07. The largest absolute Gasteiger partial charge is 0.379 e. The van der Waals surface area contributed by atoms with E-state index in [1.165, 1.54) is 0 Å². The molecule has 110 valence electrons. The zero-order chi connectivity index (χ0) is 15.6. The summed E-state index contributed by atoms with van der Waals surface area (Å²) in [7, 11) is 0. The summed E-state index contributed by atoms with van der Waals surface area (Å²) in [6.07, 6.45) is 1.55. The third-order valence-electron chi connectivity index (χ3n) is 3.40. The molecule has 0 aliphatic heterocycles. The zero-order valence-electron chi connectivity index (χ0n) is 12.1. The lowest BCUT2D eigenvalue weighted by atomic mass is 10.1. The highest BCUT2D eigenvalue weighted by atomic mass is 79.9. The summed E-state index contributed by atoms with van der Waals surface area (Å²) in [4.78, 5) is 15.1. The van der Waals surface area contributed by atoms with Gasteiger partial charge in [0.1, 0.15) is 0 Å². The van der Waals surface area contributed by atoms with Gasteiger partial charge in [0.2, 0.25) is 0 Å². The van der Waals surface area contributed by atoms with Gasteiger partial charge in [-0.2, -0.15) is 0 Å². The SMILES string of the molecule is Cc1ccc(Br)cc1NCc1ncc(C)c([N+](=O)[O-])c1C. The summed E-state index contributed by atoms with van der Waals surface area (Å²) in [6.45, 7) is 5.90. The molecule has 0 fully saturated rings. The molecular weight excluding hydrogens is 334 g/mol. The molecule has 0 aliphatic carbocycles. The Morgan fingerprint density at radius 2 is 2.00 bits per heavy atom. The second-order valence-corrected chi connectivity index (χ2v) is 5.85. The Morgan fingerprint density at radius 1 is 1.29 bits per heavy atom. The maximum atomic E-state index is 11.1. The van der Waals surface area contributed by atoms with Gasteiger partial charge in [0.05, 0.1) is 22.7 Å². The van der Waals surface area contributed by atoms with E-state index in [-0.39, 0.29) is 10.6 Å². The summed E-state index contributed by atoms with van der Waals surface area (Å²) in [6, 6.07) is 5.96. The van der Waals surface area contributed by atoms with Gasteiger partial charge in [-0.05, 0) is 38.5 Å². The van der Waals surface area contributed by atoms with E-state index in [2.05, 4.69) is 26.2 Å². The highest BCUT2D eigenvalue weighted by molar-refractivity contribution is 9.10. The summed E-state index contributed by atoms with van der Waals surface area (Å²) in [5.74, 6) is 0. The molecule has 1 aromatic carbocycles. The molecule has 2 rings (SSSR count). The maximum Gasteiger partial charge on any atom is 0.278 e. The van der Waals surface area contributed by atoms with Crippen LogP contribution in [0.25, 0.3) is 0 Å². The van der Waals surface area contributed by atoms with Crippen LogP contribution < -0.4 is 5.32 Å². The van der Waals surface area contributed by atoms with Crippen LogP contribution in [0, 0.1) is 30.9 Å². The van der Waals surface area contributed by atoms with Crippen LogP contribution in [0.2, 0.25) is 0 Å². The van der Waals surface area contributed by atoms with Crippen molar-refractivity contribution in [2.45, 2.75) is 27.3 Å². The quantitative estimate of drug-likeness (QED) is 0.660. The van der Waals surface area contributed by atoms with Crippen LogP contribution in [0.15, 0.2) is 28.9 Å². The number of halogens is 1. The number of benzene rings is 1. The van der Waals surface area contributed by atoms with Crippen molar-refractivity contribution in [3.8, 4) is 0 Å². The second-order valence-electron chi connectivity index (χ2n) is 4.93. The number of hydrogen-bond acceptors (Lipinski definition) is 4. The predicted octanol–water partition coefficient (Wildman–Crippen LogP) is 4.29. The monoisotopic (exact) mass is 349 g/mol.